The number of hydrogen-bond acceptors (Lipinski definition) is 5. The molecule has 1 unspecified atom stereocenters. The van der Waals surface area contributed by atoms with Gasteiger partial charge in [0.1, 0.15) is 5.82 Å². The molecule has 5 nitrogen and oxygen atoms in total. The molecule has 0 bridgehead atoms. The molecule has 0 aliphatic carbocycles. The number of nitrogens with zero attached hydrogens (tertiary/aromatic N) is 3. The Labute approximate surface area is 115 Å². The standard InChI is InChI=1S/C14H25N5/c1-3-7-15-14-16-8-6-13(18-14)17-12(2)11-19-9-4-5-10-19/h6,8,12H,3-5,7,9-11H2,1-2H3,(H2,15,16,17,18). The number of anilines is 2. The Morgan fingerprint density at radius 2 is 2.16 bits per heavy atom. The molecule has 0 amide bonds. The van der Waals surface area contributed by atoms with Crippen LogP contribution < -0.4 is 10.6 Å². The number of hydrogen-bond donors (Lipinski definition) is 2. The molecule has 5 heteroatoms. The number of aromatic nitrogens is 2. The Morgan fingerprint density at radius 3 is 2.89 bits per heavy atom. The average molecular weight is 263 g/mol. The molecular formula is C14H25N5. The second kappa shape index (κ2) is 7.28. The normalized spacial score (nSPS) is 17.4. The average Bonchev–Trinajstić information content (AvgIpc) is 2.89. The van der Waals surface area contributed by atoms with Crippen molar-refractivity contribution in [1.29, 1.82) is 0 Å². The van der Waals surface area contributed by atoms with E-state index in [1.54, 1.807) is 6.20 Å². The number of likely N-dealkylation sites (tertiary alicyclic amines) is 1. The Morgan fingerprint density at radius 1 is 1.37 bits per heavy atom. The van der Waals surface area contributed by atoms with Crippen molar-refractivity contribution in [2.24, 2.45) is 0 Å². The Kier molecular flexibility index (Phi) is 5.39. The first-order valence-electron chi connectivity index (χ1n) is 7.33. The van der Waals surface area contributed by atoms with Crippen molar-refractivity contribution in [3.05, 3.63) is 12.3 Å². The Bertz CT molecular complexity index is 376. The van der Waals surface area contributed by atoms with Gasteiger partial charge in [0.05, 0.1) is 0 Å². The molecule has 1 saturated heterocycles. The molecular weight excluding hydrogens is 238 g/mol. The summed E-state index contributed by atoms with van der Waals surface area (Å²) in [7, 11) is 0. The van der Waals surface area contributed by atoms with Crippen LogP contribution in [0.25, 0.3) is 0 Å². The lowest BCUT2D eigenvalue weighted by atomic mass is 10.3. The van der Waals surface area contributed by atoms with E-state index in [1.807, 2.05) is 6.07 Å². The van der Waals surface area contributed by atoms with Crippen molar-refractivity contribution in [2.75, 3.05) is 36.8 Å². The van der Waals surface area contributed by atoms with Crippen LogP contribution in [0.4, 0.5) is 11.8 Å². The molecule has 2 heterocycles. The van der Waals surface area contributed by atoms with Crippen LogP contribution in [0.15, 0.2) is 12.3 Å². The zero-order valence-electron chi connectivity index (χ0n) is 12.0. The van der Waals surface area contributed by atoms with Crippen LogP contribution in [0.2, 0.25) is 0 Å². The minimum atomic E-state index is 0.409. The SMILES string of the molecule is CCCNc1nccc(NC(C)CN2CCCC2)n1. The molecule has 0 aromatic carbocycles. The molecule has 2 rings (SSSR count). The zero-order valence-corrected chi connectivity index (χ0v) is 12.0. The van der Waals surface area contributed by atoms with Crippen LogP contribution in [-0.4, -0.2) is 47.1 Å². The first-order chi connectivity index (χ1) is 9.28. The summed E-state index contributed by atoms with van der Waals surface area (Å²) in [5, 5.41) is 6.66. The van der Waals surface area contributed by atoms with Gasteiger partial charge in [0.25, 0.3) is 0 Å². The summed E-state index contributed by atoms with van der Waals surface area (Å²) in [6.07, 6.45) is 5.55. The van der Waals surface area contributed by atoms with E-state index in [4.69, 9.17) is 0 Å². The quantitative estimate of drug-likeness (QED) is 0.790. The summed E-state index contributed by atoms with van der Waals surface area (Å²) >= 11 is 0. The molecule has 1 aliphatic rings. The Hall–Kier alpha value is -1.36. The summed E-state index contributed by atoms with van der Waals surface area (Å²) in [6.45, 7) is 8.81. The lowest BCUT2D eigenvalue weighted by Gasteiger charge is -2.21. The van der Waals surface area contributed by atoms with Crippen molar-refractivity contribution in [3.63, 3.8) is 0 Å². The second-order valence-electron chi connectivity index (χ2n) is 5.25. The highest BCUT2D eigenvalue weighted by Gasteiger charge is 2.14. The molecule has 1 aromatic rings. The fourth-order valence-electron chi connectivity index (χ4n) is 2.41. The van der Waals surface area contributed by atoms with Gasteiger partial charge in [-0.2, -0.15) is 4.98 Å². The predicted molar refractivity (Wildman–Crippen MR) is 79.6 cm³/mol. The molecule has 0 spiro atoms. The van der Waals surface area contributed by atoms with Crippen LogP contribution in [0.5, 0.6) is 0 Å². The van der Waals surface area contributed by atoms with Crippen LogP contribution in [-0.2, 0) is 0 Å². The largest absolute Gasteiger partial charge is 0.366 e. The smallest absolute Gasteiger partial charge is 0.224 e. The van der Waals surface area contributed by atoms with Gasteiger partial charge in [-0.15, -0.1) is 0 Å². The van der Waals surface area contributed by atoms with E-state index in [2.05, 4.69) is 39.3 Å². The third kappa shape index (κ3) is 4.67. The minimum Gasteiger partial charge on any atom is -0.366 e. The number of rotatable bonds is 7. The monoisotopic (exact) mass is 263 g/mol. The van der Waals surface area contributed by atoms with Crippen molar-refractivity contribution in [2.45, 2.75) is 39.2 Å². The molecule has 1 aromatic heterocycles. The number of nitrogens with one attached hydrogen (secondary N) is 2. The lowest BCUT2D eigenvalue weighted by molar-refractivity contribution is 0.327. The van der Waals surface area contributed by atoms with E-state index in [9.17, 15) is 0 Å². The predicted octanol–water partition coefficient (Wildman–Crippen LogP) is 2.19. The van der Waals surface area contributed by atoms with Gasteiger partial charge in [-0.3, -0.25) is 0 Å². The highest BCUT2D eigenvalue weighted by molar-refractivity contribution is 5.40. The molecule has 0 radical (unpaired) electrons. The highest BCUT2D eigenvalue weighted by atomic mass is 15.2. The molecule has 1 aliphatic heterocycles. The van der Waals surface area contributed by atoms with E-state index < -0.39 is 0 Å². The lowest BCUT2D eigenvalue weighted by Crippen LogP contribution is -2.33. The minimum absolute atomic E-state index is 0.409. The van der Waals surface area contributed by atoms with E-state index >= 15 is 0 Å². The van der Waals surface area contributed by atoms with E-state index in [0.29, 0.717) is 12.0 Å². The first-order valence-corrected chi connectivity index (χ1v) is 7.33. The zero-order chi connectivity index (χ0) is 13.5. The van der Waals surface area contributed by atoms with Crippen LogP contribution >= 0.6 is 0 Å². The van der Waals surface area contributed by atoms with Crippen molar-refractivity contribution in [1.82, 2.24) is 14.9 Å². The summed E-state index contributed by atoms with van der Waals surface area (Å²) in [5.74, 6) is 1.61. The van der Waals surface area contributed by atoms with Gasteiger partial charge in [0.15, 0.2) is 0 Å². The van der Waals surface area contributed by atoms with Gasteiger partial charge in [-0.1, -0.05) is 6.92 Å². The van der Waals surface area contributed by atoms with Gasteiger partial charge in [-0.05, 0) is 45.3 Å². The maximum absolute atomic E-state index is 4.47. The second-order valence-corrected chi connectivity index (χ2v) is 5.25. The molecule has 2 N–H and O–H groups in total. The first kappa shape index (κ1) is 14.1. The van der Waals surface area contributed by atoms with Gasteiger partial charge in [0.2, 0.25) is 5.95 Å². The molecule has 1 atom stereocenters. The van der Waals surface area contributed by atoms with Crippen LogP contribution in [0, 0.1) is 0 Å². The van der Waals surface area contributed by atoms with Crippen molar-refractivity contribution < 1.29 is 0 Å². The summed E-state index contributed by atoms with van der Waals surface area (Å²) in [6, 6.07) is 2.34. The van der Waals surface area contributed by atoms with Crippen molar-refractivity contribution in [3.8, 4) is 0 Å². The van der Waals surface area contributed by atoms with Crippen LogP contribution in [0.1, 0.15) is 33.1 Å². The summed E-state index contributed by atoms with van der Waals surface area (Å²) < 4.78 is 0. The van der Waals surface area contributed by atoms with Gasteiger partial charge in [0, 0.05) is 25.3 Å². The summed E-state index contributed by atoms with van der Waals surface area (Å²) in [5.41, 5.74) is 0. The highest BCUT2D eigenvalue weighted by Crippen LogP contribution is 2.11. The van der Waals surface area contributed by atoms with Crippen molar-refractivity contribution >= 4 is 11.8 Å². The summed E-state index contributed by atoms with van der Waals surface area (Å²) in [4.78, 5) is 11.2. The third-order valence-corrected chi connectivity index (χ3v) is 3.31. The Balaban J connectivity index is 1.83. The third-order valence-electron chi connectivity index (χ3n) is 3.31. The molecule has 1 fully saturated rings. The molecule has 19 heavy (non-hydrogen) atoms. The van der Waals surface area contributed by atoms with Gasteiger partial charge < -0.3 is 15.5 Å². The van der Waals surface area contributed by atoms with Crippen LogP contribution in [0.3, 0.4) is 0 Å². The van der Waals surface area contributed by atoms with Gasteiger partial charge >= 0.3 is 0 Å². The maximum Gasteiger partial charge on any atom is 0.224 e. The maximum atomic E-state index is 4.47. The molecule has 106 valence electrons. The van der Waals surface area contributed by atoms with E-state index in [-0.39, 0.29) is 0 Å². The fraction of sp³-hybridized carbons (Fsp3) is 0.714. The molecule has 0 saturated carbocycles. The van der Waals surface area contributed by atoms with Gasteiger partial charge in [-0.25, -0.2) is 4.98 Å². The van der Waals surface area contributed by atoms with E-state index in [1.165, 1.54) is 25.9 Å². The fourth-order valence-corrected chi connectivity index (χ4v) is 2.41. The topological polar surface area (TPSA) is 53.1 Å². The van der Waals surface area contributed by atoms with E-state index in [0.717, 1.165) is 25.3 Å².